The number of allylic oxidation sites excluding steroid dienone is 2. The molecule has 4 aliphatic rings. The highest BCUT2D eigenvalue weighted by atomic mass is 16.5. The zero-order valence-electron chi connectivity index (χ0n) is 17.4. The molecule has 1 aliphatic heterocycles. The molecular formula is C25H42O. The Morgan fingerprint density at radius 2 is 1.00 bits per heavy atom. The Labute approximate surface area is 162 Å². The van der Waals surface area contributed by atoms with Gasteiger partial charge in [0.05, 0.1) is 12.4 Å². The molecule has 0 aromatic rings. The van der Waals surface area contributed by atoms with Crippen molar-refractivity contribution >= 4 is 0 Å². The second kappa shape index (κ2) is 8.70. The van der Waals surface area contributed by atoms with Crippen LogP contribution in [0.15, 0.2) is 11.8 Å². The van der Waals surface area contributed by atoms with Gasteiger partial charge in [-0.1, -0.05) is 19.8 Å². The molecule has 0 N–H and O–H groups in total. The fourth-order valence-corrected chi connectivity index (χ4v) is 6.94. The second-order valence-corrected chi connectivity index (χ2v) is 10.5. The van der Waals surface area contributed by atoms with E-state index in [0.29, 0.717) is 0 Å². The minimum Gasteiger partial charge on any atom is -0.498 e. The summed E-state index contributed by atoms with van der Waals surface area (Å²) in [6, 6.07) is 0. The standard InChI is InChI=1S/C25H42O/c1-18-3-6-20(7-4-18)21-9-11-22(12-10-21)23-13-15-24(16-14-23)25-8-5-19(2)26-17-25/h5,18,20-25H,3-4,6-17H2,1-2H3. The summed E-state index contributed by atoms with van der Waals surface area (Å²) < 4.78 is 5.82. The van der Waals surface area contributed by atoms with Crippen LogP contribution in [0, 0.1) is 41.4 Å². The largest absolute Gasteiger partial charge is 0.498 e. The van der Waals surface area contributed by atoms with Gasteiger partial charge >= 0.3 is 0 Å². The lowest BCUT2D eigenvalue weighted by atomic mass is 9.64. The van der Waals surface area contributed by atoms with E-state index in [0.717, 1.165) is 53.8 Å². The molecule has 1 heterocycles. The molecule has 0 saturated heterocycles. The van der Waals surface area contributed by atoms with E-state index < -0.39 is 0 Å². The monoisotopic (exact) mass is 358 g/mol. The van der Waals surface area contributed by atoms with Gasteiger partial charge in [0.15, 0.2) is 0 Å². The van der Waals surface area contributed by atoms with Gasteiger partial charge < -0.3 is 4.74 Å². The van der Waals surface area contributed by atoms with Crippen molar-refractivity contribution in [2.24, 2.45) is 41.4 Å². The fourth-order valence-electron chi connectivity index (χ4n) is 6.94. The van der Waals surface area contributed by atoms with Crippen LogP contribution in [0.1, 0.15) is 97.3 Å². The maximum atomic E-state index is 5.82. The SMILES string of the molecule is CC1=CCC(C2CCC(C3CCC(C4CCC(C)CC4)CC3)CC2)CO1. The van der Waals surface area contributed by atoms with Crippen LogP contribution in [0.2, 0.25) is 0 Å². The van der Waals surface area contributed by atoms with Gasteiger partial charge in [0.25, 0.3) is 0 Å². The van der Waals surface area contributed by atoms with E-state index in [2.05, 4.69) is 19.9 Å². The summed E-state index contributed by atoms with van der Waals surface area (Å²) >= 11 is 0. The molecule has 26 heavy (non-hydrogen) atoms. The Morgan fingerprint density at radius 3 is 1.38 bits per heavy atom. The van der Waals surface area contributed by atoms with Crippen LogP contribution in [-0.2, 0) is 4.74 Å². The third kappa shape index (κ3) is 4.50. The molecule has 0 spiro atoms. The summed E-state index contributed by atoms with van der Waals surface area (Å²) in [5.41, 5.74) is 0. The maximum Gasteiger partial charge on any atom is 0.0910 e. The number of ether oxygens (including phenoxy) is 1. The van der Waals surface area contributed by atoms with E-state index >= 15 is 0 Å². The molecule has 0 aromatic heterocycles. The van der Waals surface area contributed by atoms with Crippen LogP contribution >= 0.6 is 0 Å². The average Bonchev–Trinajstić information content (AvgIpc) is 2.70. The van der Waals surface area contributed by atoms with Gasteiger partial charge in [-0.25, -0.2) is 0 Å². The normalized spacial score (nSPS) is 44.8. The lowest BCUT2D eigenvalue weighted by Gasteiger charge is -2.42. The molecule has 1 heteroatoms. The first kappa shape index (κ1) is 18.9. The average molecular weight is 359 g/mol. The molecule has 3 fully saturated rings. The number of hydrogen-bond donors (Lipinski definition) is 0. The molecule has 4 rings (SSSR count). The third-order valence-corrected chi connectivity index (χ3v) is 8.93. The topological polar surface area (TPSA) is 9.23 Å². The lowest BCUT2D eigenvalue weighted by molar-refractivity contribution is 0.0670. The van der Waals surface area contributed by atoms with Gasteiger partial charge in [0.1, 0.15) is 0 Å². The van der Waals surface area contributed by atoms with E-state index in [1.807, 2.05) is 0 Å². The third-order valence-electron chi connectivity index (χ3n) is 8.93. The predicted octanol–water partition coefficient (Wildman–Crippen LogP) is 7.37. The fraction of sp³-hybridized carbons (Fsp3) is 0.920. The minimum atomic E-state index is 0.809. The van der Waals surface area contributed by atoms with Crippen molar-refractivity contribution < 1.29 is 4.74 Å². The first-order chi connectivity index (χ1) is 12.7. The highest BCUT2D eigenvalue weighted by molar-refractivity contribution is 4.96. The molecule has 0 aromatic carbocycles. The Bertz CT molecular complexity index is 457. The maximum absolute atomic E-state index is 5.82. The van der Waals surface area contributed by atoms with Gasteiger partial charge in [-0.05, 0) is 125 Å². The van der Waals surface area contributed by atoms with Crippen LogP contribution in [0.4, 0.5) is 0 Å². The molecule has 0 bridgehead atoms. The van der Waals surface area contributed by atoms with Crippen molar-refractivity contribution in [3.8, 4) is 0 Å². The smallest absolute Gasteiger partial charge is 0.0910 e. The van der Waals surface area contributed by atoms with Crippen LogP contribution in [0.5, 0.6) is 0 Å². The van der Waals surface area contributed by atoms with Gasteiger partial charge in [-0.2, -0.15) is 0 Å². The summed E-state index contributed by atoms with van der Waals surface area (Å²) in [5, 5.41) is 0. The minimum absolute atomic E-state index is 0.809. The first-order valence-electron chi connectivity index (χ1n) is 12.0. The Kier molecular flexibility index (Phi) is 6.32. The van der Waals surface area contributed by atoms with Gasteiger partial charge in [0.2, 0.25) is 0 Å². The number of rotatable bonds is 3. The summed E-state index contributed by atoms with van der Waals surface area (Å²) in [4.78, 5) is 0. The lowest BCUT2D eigenvalue weighted by Crippen LogP contribution is -2.31. The summed E-state index contributed by atoms with van der Waals surface area (Å²) in [7, 11) is 0. The molecule has 3 aliphatic carbocycles. The van der Waals surface area contributed by atoms with Crippen molar-refractivity contribution in [3.63, 3.8) is 0 Å². The zero-order chi connectivity index (χ0) is 17.9. The number of hydrogen-bond acceptors (Lipinski definition) is 1. The van der Waals surface area contributed by atoms with Crippen LogP contribution in [0.3, 0.4) is 0 Å². The first-order valence-corrected chi connectivity index (χ1v) is 12.0. The van der Waals surface area contributed by atoms with Crippen molar-refractivity contribution in [2.75, 3.05) is 6.61 Å². The van der Waals surface area contributed by atoms with E-state index in [9.17, 15) is 0 Å². The van der Waals surface area contributed by atoms with Gasteiger partial charge in [-0.15, -0.1) is 0 Å². The molecule has 3 saturated carbocycles. The van der Waals surface area contributed by atoms with Gasteiger partial charge in [0, 0.05) is 0 Å². The van der Waals surface area contributed by atoms with Crippen molar-refractivity contribution in [1.82, 2.24) is 0 Å². The molecule has 1 nitrogen and oxygen atoms in total. The van der Waals surface area contributed by atoms with Crippen molar-refractivity contribution in [2.45, 2.75) is 97.3 Å². The highest BCUT2D eigenvalue weighted by Crippen LogP contribution is 2.47. The van der Waals surface area contributed by atoms with Crippen molar-refractivity contribution in [3.05, 3.63) is 11.8 Å². The Hall–Kier alpha value is -0.460. The second-order valence-electron chi connectivity index (χ2n) is 10.5. The Balaban J connectivity index is 1.19. The molecular weight excluding hydrogens is 316 g/mol. The Morgan fingerprint density at radius 1 is 0.615 bits per heavy atom. The quantitative estimate of drug-likeness (QED) is 0.512. The predicted molar refractivity (Wildman–Crippen MR) is 110 cm³/mol. The molecule has 148 valence electrons. The summed E-state index contributed by atoms with van der Waals surface area (Å²) in [6.45, 7) is 5.56. The van der Waals surface area contributed by atoms with E-state index in [1.54, 1.807) is 38.5 Å². The summed E-state index contributed by atoms with van der Waals surface area (Å²) in [6.07, 6.45) is 21.9. The molecule has 0 radical (unpaired) electrons. The zero-order valence-corrected chi connectivity index (χ0v) is 17.4. The van der Waals surface area contributed by atoms with Crippen molar-refractivity contribution in [1.29, 1.82) is 0 Å². The van der Waals surface area contributed by atoms with E-state index in [1.165, 1.54) is 44.9 Å². The van der Waals surface area contributed by atoms with E-state index in [4.69, 9.17) is 4.74 Å². The van der Waals surface area contributed by atoms with Crippen LogP contribution in [-0.4, -0.2) is 6.61 Å². The van der Waals surface area contributed by atoms with E-state index in [-0.39, 0.29) is 0 Å². The van der Waals surface area contributed by atoms with Gasteiger partial charge in [-0.3, -0.25) is 0 Å². The molecule has 1 unspecified atom stereocenters. The van der Waals surface area contributed by atoms with Crippen LogP contribution < -0.4 is 0 Å². The molecule has 1 atom stereocenters. The highest BCUT2D eigenvalue weighted by Gasteiger charge is 2.35. The summed E-state index contributed by atoms with van der Waals surface area (Å²) in [5.74, 6) is 8.21. The van der Waals surface area contributed by atoms with Crippen LogP contribution in [0.25, 0.3) is 0 Å². The molecule has 0 amide bonds.